The molecule has 0 unspecified atom stereocenters. The van der Waals surface area contributed by atoms with E-state index < -0.39 is 0 Å². The first-order valence-electron chi connectivity index (χ1n) is 7.98. The van der Waals surface area contributed by atoms with Crippen LogP contribution in [0.15, 0.2) is 29.8 Å². The maximum atomic E-state index is 5.79. The zero-order valence-electron chi connectivity index (χ0n) is 13.9. The summed E-state index contributed by atoms with van der Waals surface area (Å²) >= 11 is 0. The van der Waals surface area contributed by atoms with Crippen molar-refractivity contribution >= 4 is 0 Å². The van der Waals surface area contributed by atoms with Crippen molar-refractivity contribution in [2.45, 2.75) is 53.4 Å². The highest BCUT2D eigenvalue weighted by atomic mass is 16.5. The summed E-state index contributed by atoms with van der Waals surface area (Å²) in [4.78, 5) is 0. The molecule has 0 N–H and O–H groups in total. The van der Waals surface area contributed by atoms with E-state index in [1.807, 2.05) is 12.1 Å². The monoisotopic (exact) mass is 288 g/mol. The Bertz CT molecular complexity index is 495. The van der Waals surface area contributed by atoms with Gasteiger partial charge < -0.3 is 9.47 Å². The van der Waals surface area contributed by atoms with E-state index in [0.29, 0.717) is 12.0 Å². The van der Waals surface area contributed by atoms with E-state index >= 15 is 0 Å². The molecule has 1 aromatic carbocycles. The molecule has 0 fully saturated rings. The van der Waals surface area contributed by atoms with Crippen LogP contribution in [-0.4, -0.2) is 13.2 Å². The molecular formula is C19H28O2. The Kier molecular flexibility index (Phi) is 5.33. The third-order valence-corrected chi connectivity index (χ3v) is 3.85. The molecule has 2 nitrogen and oxygen atoms in total. The highest BCUT2D eigenvalue weighted by Gasteiger charge is 2.12. The summed E-state index contributed by atoms with van der Waals surface area (Å²) in [6.45, 7) is 10.5. The first-order valence-corrected chi connectivity index (χ1v) is 7.98. The lowest BCUT2D eigenvalue weighted by atomic mass is 9.89. The molecule has 1 aliphatic rings. The predicted molar refractivity (Wildman–Crippen MR) is 88.2 cm³/mol. The average Bonchev–Trinajstić information content (AvgIpc) is 2.84. The van der Waals surface area contributed by atoms with E-state index in [9.17, 15) is 0 Å². The van der Waals surface area contributed by atoms with Crippen LogP contribution in [0.25, 0.3) is 0 Å². The number of benzene rings is 1. The topological polar surface area (TPSA) is 18.5 Å². The number of rotatable bonds is 6. The molecule has 0 spiro atoms. The fourth-order valence-electron chi connectivity index (χ4n) is 2.52. The predicted octanol–water partition coefficient (Wildman–Crippen LogP) is 5.16. The Morgan fingerprint density at radius 1 is 1.33 bits per heavy atom. The van der Waals surface area contributed by atoms with Crippen LogP contribution in [0.1, 0.15) is 52.5 Å². The van der Waals surface area contributed by atoms with Gasteiger partial charge in [0, 0.05) is 12.5 Å². The Morgan fingerprint density at radius 2 is 2.14 bits per heavy atom. The zero-order chi connectivity index (χ0) is 15.3. The Balaban J connectivity index is 1.74. The Labute approximate surface area is 129 Å². The summed E-state index contributed by atoms with van der Waals surface area (Å²) in [7, 11) is 0. The van der Waals surface area contributed by atoms with Crippen LogP contribution in [0.3, 0.4) is 0 Å². The van der Waals surface area contributed by atoms with E-state index in [-0.39, 0.29) is 0 Å². The van der Waals surface area contributed by atoms with Gasteiger partial charge in [0.15, 0.2) is 0 Å². The van der Waals surface area contributed by atoms with Gasteiger partial charge in [-0.25, -0.2) is 0 Å². The molecule has 116 valence electrons. The molecule has 0 aliphatic carbocycles. The minimum atomic E-state index is 0.432. The largest absolute Gasteiger partial charge is 0.493 e. The fraction of sp³-hybridized carbons (Fsp3) is 0.579. The molecule has 0 saturated heterocycles. The van der Waals surface area contributed by atoms with Crippen molar-refractivity contribution in [2.75, 3.05) is 13.2 Å². The maximum absolute atomic E-state index is 5.79. The third-order valence-electron chi connectivity index (χ3n) is 3.85. The summed E-state index contributed by atoms with van der Waals surface area (Å²) in [6, 6.07) is 6.15. The lowest BCUT2D eigenvalue weighted by molar-refractivity contribution is 0.343. The molecule has 0 aromatic heterocycles. The van der Waals surface area contributed by atoms with Crippen molar-refractivity contribution in [3.05, 3.63) is 35.4 Å². The van der Waals surface area contributed by atoms with E-state index in [0.717, 1.165) is 30.9 Å². The van der Waals surface area contributed by atoms with Crippen LogP contribution in [0.2, 0.25) is 0 Å². The van der Waals surface area contributed by atoms with Gasteiger partial charge in [-0.15, -0.1) is 0 Å². The van der Waals surface area contributed by atoms with Crippen molar-refractivity contribution < 1.29 is 9.47 Å². The van der Waals surface area contributed by atoms with E-state index in [1.165, 1.54) is 24.0 Å². The summed E-state index contributed by atoms with van der Waals surface area (Å²) in [6.07, 6.45) is 6.88. The van der Waals surface area contributed by atoms with Gasteiger partial charge in [0.1, 0.15) is 18.1 Å². The quantitative estimate of drug-likeness (QED) is 0.673. The van der Waals surface area contributed by atoms with Crippen molar-refractivity contribution in [2.24, 2.45) is 5.41 Å². The van der Waals surface area contributed by atoms with E-state index in [4.69, 9.17) is 9.47 Å². The molecule has 1 heterocycles. The van der Waals surface area contributed by atoms with Crippen molar-refractivity contribution in [3.63, 3.8) is 0 Å². The van der Waals surface area contributed by atoms with E-state index in [2.05, 4.69) is 39.8 Å². The van der Waals surface area contributed by atoms with Gasteiger partial charge in [-0.05, 0) is 49.3 Å². The molecule has 2 heteroatoms. The molecule has 1 aliphatic heterocycles. The van der Waals surface area contributed by atoms with Gasteiger partial charge in [0.2, 0.25) is 0 Å². The molecule has 0 radical (unpaired) electrons. The first-order chi connectivity index (χ1) is 9.94. The first kappa shape index (κ1) is 15.9. The SMILES string of the molecule is CC(=CCOc1ccc2c(c1)OCC2)CCCC(C)(C)C. The molecule has 1 aromatic rings. The number of fused-ring (bicyclic) bond motifs is 1. The summed E-state index contributed by atoms with van der Waals surface area (Å²) in [5.74, 6) is 1.88. The minimum Gasteiger partial charge on any atom is -0.493 e. The van der Waals surface area contributed by atoms with Crippen molar-refractivity contribution in [1.82, 2.24) is 0 Å². The van der Waals surface area contributed by atoms with Crippen LogP contribution in [-0.2, 0) is 6.42 Å². The number of hydrogen-bond donors (Lipinski definition) is 0. The van der Waals surface area contributed by atoms with Crippen LogP contribution in [0.4, 0.5) is 0 Å². The standard InChI is InChI=1S/C19H28O2/c1-15(6-5-11-19(2,3)4)9-12-20-17-8-7-16-10-13-21-18(16)14-17/h7-9,14H,5-6,10-13H2,1-4H3. The van der Waals surface area contributed by atoms with Crippen molar-refractivity contribution in [3.8, 4) is 11.5 Å². The second-order valence-corrected chi connectivity index (χ2v) is 7.14. The van der Waals surface area contributed by atoms with Gasteiger partial charge in [0.05, 0.1) is 6.61 Å². The van der Waals surface area contributed by atoms with Gasteiger partial charge in [0.25, 0.3) is 0 Å². The average molecular weight is 288 g/mol. The highest BCUT2D eigenvalue weighted by molar-refractivity contribution is 5.42. The summed E-state index contributed by atoms with van der Waals surface area (Å²) < 4.78 is 11.3. The number of hydrogen-bond acceptors (Lipinski definition) is 2. The number of ether oxygens (including phenoxy) is 2. The maximum Gasteiger partial charge on any atom is 0.126 e. The Morgan fingerprint density at radius 3 is 2.90 bits per heavy atom. The molecular weight excluding hydrogens is 260 g/mol. The molecule has 0 saturated carbocycles. The Hall–Kier alpha value is -1.44. The van der Waals surface area contributed by atoms with Crippen molar-refractivity contribution in [1.29, 1.82) is 0 Å². The van der Waals surface area contributed by atoms with E-state index in [1.54, 1.807) is 0 Å². The molecule has 0 bridgehead atoms. The van der Waals surface area contributed by atoms with Gasteiger partial charge in [-0.1, -0.05) is 32.4 Å². The normalized spacial score (nSPS) is 14.8. The van der Waals surface area contributed by atoms with Crippen LogP contribution in [0, 0.1) is 5.41 Å². The molecule has 0 amide bonds. The van der Waals surface area contributed by atoms with Gasteiger partial charge in [-0.2, -0.15) is 0 Å². The second kappa shape index (κ2) is 7.02. The summed E-state index contributed by atoms with van der Waals surface area (Å²) in [5, 5.41) is 0. The lowest BCUT2D eigenvalue weighted by Crippen LogP contribution is -2.04. The smallest absolute Gasteiger partial charge is 0.126 e. The molecule has 0 atom stereocenters. The third kappa shape index (κ3) is 5.45. The highest BCUT2D eigenvalue weighted by Crippen LogP contribution is 2.29. The van der Waals surface area contributed by atoms with Crippen LogP contribution >= 0.6 is 0 Å². The van der Waals surface area contributed by atoms with Crippen LogP contribution < -0.4 is 9.47 Å². The minimum absolute atomic E-state index is 0.432. The lowest BCUT2D eigenvalue weighted by Gasteiger charge is -2.17. The van der Waals surface area contributed by atoms with Gasteiger partial charge in [-0.3, -0.25) is 0 Å². The molecule has 21 heavy (non-hydrogen) atoms. The fourth-order valence-corrected chi connectivity index (χ4v) is 2.52. The van der Waals surface area contributed by atoms with Crippen LogP contribution in [0.5, 0.6) is 11.5 Å². The second-order valence-electron chi connectivity index (χ2n) is 7.14. The summed E-state index contributed by atoms with van der Waals surface area (Å²) in [5.41, 5.74) is 3.13. The zero-order valence-corrected chi connectivity index (χ0v) is 13.9. The number of allylic oxidation sites excluding steroid dienone is 1. The van der Waals surface area contributed by atoms with Gasteiger partial charge >= 0.3 is 0 Å². The molecule has 2 rings (SSSR count).